The molecule has 1 N–H and O–H groups in total. The molecule has 17 heavy (non-hydrogen) atoms. The molecule has 1 aliphatic rings. The van der Waals surface area contributed by atoms with Crippen molar-refractivity contribution in [3.8, 4) is 0 Å². The number of halogens is 1. The maximum Gasteiger partial charge on any atom is 0.0180 e. The van der Waals surface area contributed by atoms with Crippen LogP contribution in [0.3, 0.4) is 0 Å². The van der Waals surface area contributed by atoms with Crippen LogP contribution in [0.4, 0.5) is 0 Å². The van der Waals surface area contributed by atoms with Crippen LogP contribution < -0.4 is 5.32 Å². The number of benzene rings is 1. The van der Waals surface area contributed by atoms with Gasteiger partial charge in [0.2, 0.25) is 0 Å². The summed E-state index contributed by atoms with van der Waals surface area (Å²) >= 11 is 4.49. The first-order valence-electron chi connectivity index (χ1n) is 6.23. The van der Waals surface area contributed by atoms with Gasteiger partial charge < -0.3 is 5.32 Å². The lowest BCUT2D eigenvalue weighted by atomic mass is 10.00. The normalized spacial score (nSPS) is 20.6. The molecule has 0 aromatic heterocycles. The van der Waals surface area contributed by atoms with Gasteiger partial charge in [-0.2, -0.15) is 0 Å². The lowest BCUT2D eigenvalue weighted by molar-refractivity contribution is 0.427. The Kier molecular flexibility index (Phi) is 5.18. The summed E-state index contributed by atoms with van der Waals surface area (Å²) < 4.78 is 1.19. The molecule has 0 saturated carbocycles. The zero-order valence-corrected chi connectivity index (χ0v) is 13.4. The highest BCUT2D eigenvalue weighted by Crippen LogP contribution is 2.38. The molecule has 1 nitrogen and oxygen atoms in total. The maximum atomic E-state index is 3.73. The van der Waals surface area contributed by atoms with Crippen LogP contribution in [0, 0.1) is 5.92 Å². The van der Waals surface area contributed by atoms with Gasteiger partial charge in [-0.15, -0.1) is 11.8 Å². The second-order valence-electron chi connectivity index (χ2n) is 4.96. The van der Waals surface area contributed by atoms with Gasteiger partial charge in [0.15, 0.2) is 0 Å². The summed E-state index contributed by atoms with van der Waals surface area (Å²) in [5, 5.41) is 3.73. The standard InChI is InChI=1S/C14H20INS/c1-10(2)13(7-15)16-8-11-9-17-14-6-4-3-5-12(11)14/h3-6,10-11,13,16H,7-9H2,1-2H3. The zero-order chi connectivity index (χ0) is 12.3. The lowest BCUT2D eigenvalue weighted by Gasteiger charge is -2.22. The van der Waals surface area contributed by atoms with Crippen molar-refractivity contribution >= 4 is 34.4 Å². The Labute approximate surface area is 122 Å². The van der Waals surface area contributed by atoms with Crippen LogP contribution in [-0.2, 0) is 0 Å². The summed E-state index contributed by atoms with van der Waals surface area (Å²) in [7, 11) is 0. The quantitative estimate of drug-likeness (QED) is 0.630. The molecular formula is C14H20INS. The van der Waals surface area contributed by atoms with Gasteiger partial charge in [0.25, 0.3) is 0 Å². The first-order chi connectivity index (χ1) is 8.22. The van der Waals surface area contributed by atoms with E-state index < -0.39 is 0 Å². The minimum absolute atomic E-state index is 0.647. The SMILES string of the molecule is CC(C)C(CI)NCC1CSc2ccccc21. The third kappa shape index (κ3) is 3.38. The number of thioether (sulfide) groups is 1. The van der Waals surface area contributed by atoms with E-state index in [0.29, 0.717) is 12.0 Å². The molecule has 0 fully saturated rings. The van der Waals surface area contributed by atoms with E-state index in [1.807, 2.05) is 11.8 Å². The molecule has 2 rings (SSSR count). The molecule has 1 aliphatic heterocycles. The first-order valence-corrected chi connectivity index (χ1v) is 8.74. The zero-order valence-electron chi connectivity index (χ0n) is 10.4. The van der Waals surface area contributed by atoms with Crippen molar-refractivity contribution in [1.29, 1.82) is 0 Å². The Hall–Kier alpha value is 0.260. The Morgan fingerprint density at radius 2 is 2.18 bits per heavy atom. The topological polar surface area (TPSA) is 12.0 Å². The number of hydrogen-bond donors (Lipinski definition) is 1. The van der Waals surface area contributed by atoms with Crippen LogP contribution in [0.15, 0.2) is 29.2 Å². The first kappa shape index (κ1) is 13.7. The predicted molar refractivity (Wildman–Crippen MR) is 85.4 cm³/mol. The highest BCUT2D eigenvalue weighted by atomic mass is 127. The molecular weight excluding hydrogens is 341 g/mol. The van der Waals surface area contributed by atoms with Gasteiger partial charge >= 0.3 is 0 Å². The van der Waals surface area contributed by atoms with E-state index in [1.165, 1.54) is 15.1 Å². The summed E-state index contributed by atoms with van der Waals surface area (Å²) in [6.07, 6.45) is 0. The largest absolute Gasteiger partial charge is 0.312 e. The lowest BCUT2D eigenvalue weighted by Crippen LogP contribution is -2.37. The van der Waals surface area contributed by atoms with E-state index in [0.717, 1.165) is 12.5 Å². The number of rotatable bonds is 5. The molecule has 1 heterocycles. The number of hydrogen-bond acceptors (Lipinski definition) is 2. The average molecular weight is 361 g/mol. The van der Waals surface area contributed by atoms with Gasteiger partial charge in [-0.3, -0.25) is 0 Å². The molecule has 1 aromatic carbocycles. The Morgan fingerprint density at radius 1 is 1.41 bits per heavy atom. The van der Waals surface area contributed by atoms with E-state index >= 15 is 0 Å². The molecule has 3 heteroatoms. The van der Waals surface area contributed by atoms with Crippen molar-refractivity contribution < 1.29 is 0 Å². The number of fused-ring (bicyclic) bond motifs is 1. The highest BCUT2D eigenvalue weighted by molar-refractivity contribution is 14.1. The average Bonchev–Trinajstić information content (AvgIpc) is 2.73. The third-order valence-corrected chi connectivity index (χ3v) is 5.60. The Balaban J connectivity index is 1.93. The second kappa shape index (κ2) is 6.43. The molecule has 0 aliphatic carbocycles. The molecule has 0 radical (unpaired) electrons. The summed E-state index contributed by atoms with van der Waals surface area (Å²) in [5.74, 6) is 2.65. The van der Waals surface area contributed by atoms with Gasteiger partial charge in [-0.25, -0.2) is 0 Å². The Bertz CT molecular complexity index is 367. The van der Waals surface area contributed by atoms with Gasteiger partial charge in [-0.1, -0.05) is 54.6 Å². The predicted octanol–water partition coefficient (Wildman–Crippen LogP) is 3.93. The minimum atomic E-state index is 0.647. The van der Waals surface area contributed by atoms with Gasteiger partial charge in [0, 0.05) is 33.6 Å². The fourth-order valence-corrected chi connectivity index (χ4v) is 4.74. The van der Waals surface area contributed by atoms with Crippen molar-refractivity contribution in [2.45, 2.75) is 30.7 Å². The molecule has 2 unspecified atom stereocenters. The van der Waals surface area contributed by atoms with Gasteiger partial charge in [-0.05, 0) is 17.5 Å². The van der Waals surface area contributed by atoms with Crippen LogP contribution in [-0.4, -0.2) is 22.8 Å². The van der Waals surface area contributed by atoms with Crippen molar-refractivity contribution in [2.75, 3.05) is 16.7 Å². The van der Waals surface area contributed by atoms with Crippen LogP contribution in [0.1, 0.15) is 25.3 Å². The van der Waals surface area contributed by atoms with Crippen LogP contribution in [0.25, 0.3) is 0 Å². The van der Waals surface area contributed by atoms with E-state index in [2.05, 4.69) is 66.0 Å². The monoisotopic (exact) mass is 361 g/mol. The van der Waals surface area contributed by atoms with Crippen LogP contribution >= 0.6 is 34.4 Å². The third-order valence-electron chi connectivity index (χ3n) is 3.40. The molecule has 0 bridgehead atoms. The van der Waals surface area contributed by atoms with E-state index in [-0.39, 0.29) is 0 Å². The number of nitrogens with one attached hydrogen (secondary N) is 1. The van der Waals surface area contributed by atoms with Gasteiger partial charge in [0.05, 0.1) is 0 Å². The summed E-state index contributed by atoms with van der Waals surface area (Å²) in [5.41, 5.74) is 1.54. The van der Waals surface area contributed by atoms with Gasteiger partial charge in [0.1, 0.15) is 0 Å². The Morgan fingerprint density at radius 3 is 2.88 bits per heavy atom. The molecule has 1 aromatic rings. The fraction of sp³-hybridized carbons (Fsp3) is 0.571. The molecule has 0 saturated heterocycles. The summed E-state index contributed by atoms with van der Waals surface area (Å²) in [4.78, 5) is 1.48. The van der Waals surface area contributed by atoms with Crippen LogP contribution in [0.5, 0.6) is 0 Å². The summed E-state index contributed by atoms with van der Waals surface area (Å²) in [6.45, 7) is 5.72. The van der Waals surface area contributed by atoms with E-state index in [4.69, 9.17) is 0 Å². The molecule has 0 spiro atoms. The van der Waals surface area contributed by atoms with Crippen molar-refractivity contribution in [3.05, 3.63) is 29.8 Å². The summed E-state index contributed by atoms with van der Waals surface area (Å²) in [6, 6.07) is 9.49. The van der Waals surface area contributed by atoms with Crippen molar-refractivity contribution in [2.24, 2.45) is 5.92 Å². The highest BCUT2D eigenvalue weighted by Gasteiger charge is 2.23. The smallest absolute Gasteiger partial charge is 0.0180 e. The fourth-order valence-electron chi connectivity index (χ4n) is 2.16. The van der Waals surface area contributed by atoms with Crippen molar-refractivity contribution in [1.82, 2.24) is 5.32 Å². The maximum absolute atomic E-state index is 3.73. The second-order valence-corrected chi connectivity index (χ2v) is 6.90. The molecule has 2 atom stereocenters. The minimum Gasteiger partial charge on any atom is -0.312 e. The molecule has 0 amide bonds. The van der Waals surface area contributed by atoms with Crippen molar-refractivity contribution in [3.63, 3.8) is 0 Å². The molecule has 94 valence electrons. The number of alkyl halides is 1. The van der Waals surface area contributed by atoms with E-state index in [1.54, 1.807) is 5.56 Å². The van der Waals surface area contributed by atoms with Crippen LogP contribution in [0.2, 0.25) is 0 Å². The van der Waals surface area contributed by atoms with E-state index in [9.17, 15) is 0 Å².